The van der Waals surface area contributed by atoms with E-state index in [1.54, 1.807) is 6.08 Å². The highest BCUT2D eigenvalue weighted by atomic mass is 31.2. The second kappa shape index (κ2) is 3.39. The summed E-state index contributed by atoms with van der Waals surface area (Å²) in [7, 11) is -2.62. The normalized spacial score (nSPS) is 29.1. The van der Waals surface area contributed by atoms with Gasteiger partial charge in [-0.1, -0.05) is 0 Å². The molecule has 5 heteroatoms. The van der Waals surface area contributed by atoms with Crippen molar-refractivity contribution in [3.8, 4) is 0 Å². The first kappa shape index (κ1) is 8.78. The zero-order valence-electron chi connectivity index (χ0n) is 6.23. The van der Waals surface area contributed by atoms with Gasteiger partial charge >= 0.3 is 0 Å². The van der Waals surface area contributed by atoms with E-state index in [1.165, 1.54) is 6.26 Å². The molecule has 64 valence electrons. The molecule has 1 aliphatic heterocycles. The Morgan fingerprint density at radius 2 is 2.55 bits per heavy atom. The highest BCUT2D eigenvalue weighted by Crippen LogP contribution is 2.45. The fourth-order valence-electron chi connectivity index (χ4n) is 0.871. The smallest absolute Gasteiger partial charge is 0.175 e. The van der Waals surface area contributed by atoms with E-state index < -0.39 is 13.4 Å². The molecule has 0 spiro atoms. The zero-order valence-corrected chi connectivity index (χ0v) is 7.12. The standard InChI is InChI=1S/C6H11O4P/c1-9-11(7,8)6-4-2-3-5-10-6/h3,5-6H,2,4H2,1H3,(H,7,8)/p-1. The molecular formula is C6H10O4P-. The van der Waals surface area contributed by atoms with Gasteiger partial charge in [0, 0.05) is 7.11 Å². The topological polar surface area (TPSA) is 58.6 Å². The Hall–Kier alpha value is -0.310. The molecule has 2 unspecified atom stereocenters. The summed E-state index contributed by atoms with van der Waals surface area (Å²) in [5.41, 5.74) is 0. The molecule has 0 aromatic carbocycles. The lowest BCUT2D eigenvalue weighted by molar-refractivity contribution is -0.206. The fourth-order valence-corrected chi connectivity index (χ4v) is 1.79. The molecule has 0 radical (unpaired) electrons. The van der Waals surface area contributed by atoms with Crippen LogP contribution in [0.15, 0.2) is 12.3 Å². The molecule has 0 aliphatic carbocycles. The van der Waals surface area contributed by atoms with Crippen LogP contribution in [0, 0.1) is 0 Å². The van der Waals surface area contributed by atoms with E-state index in [-0.39, 0.29) is 0 Å². The van der Waals surface area contributed by atoms with Gasteiger partial charge in [-0.05, 0) is 18.9 Å². The number of hydrogen-bond donors (Lipinski definition) is 0. The fraction of sp³-hybridized carbons (Fsp3) is 0.667. The molecule has 11 heavy (non-hydrogen) atoms. The highest BCUT2D eigenvalue weighted by molar-refractivity contribution is 7.51. The van der Waals surface area contributed by atoms with Gasteiger partial charge in [-0.25, -0.2) is 0 Å². The van der Waals surface area contributed by atoms with E-state index in [1.807, 2.05) is 0 Å². The summed E-state index contributed by atoms with van der Waals surface area (Å²) < 4.78 is 20.2. The minimum atomic E-state index is -3.77. The summed E-state index contributed by atoms with van der Waals surface area (Å²) >= 11 is 0. The molecule has 0 bridgehead atoms. The molecule has 0 amide bonds. The Kier molecular flexibility index (Phi) is 2.71. The molecule has 0 aromatic rings. The van der Waals surface area contributed by atoms with Crippen LogP contribution in [0.3, 0.4) is 0 Å². The van der Waals surface area contributed by atoms with Gasteiger partial charge in [0.05, 0.1) is 6.26 Å². The number of hydrogen-bond acceptors (Lipinski definition) is 4. The number of ether oxygens (including phenoxy) is 1. The molecule has 0 N–H and O–H groups in total. The molecule has 2 atom stereocenters. The average Bonchev–Trinajstić information content (AvgIpc) is 2.06. The third-order valence-corrected chi connectivity index (χ3v) is 3.11. The van der Waals surface area contributed by atoms with Crippen LogP contribution in [0.2, 0.25) is 0 Å². The lowest BCUT2D eigenvalue weighted by atomic mass is 10.3. The minimum absolute atomic E-state index is 0.477. The average molecular weight is 177 g/mol. The summed E-state index contributed by atoms with van der Waals surface area (Å²) in [6, 6.07) is 0. The number of allylic oxidation sites excluding steroid dienone is 1. The molecule has 0 fully saturated rings. The van der Waals surface area contributed by atoms with Crippen LogP contribution in [0.5, 0.6) is 0 Å². The maximum Gasteiger partial charge on any atom is 0.175 e. The lowest BCUT2D eigenvalue weighted by Gasteiger charge is -2.31. The Morgan fingerprint density at radius 3 is 3.00 bits per heavy atom. The van der Waals surface area contributed by atoms with Crippen LogP contribution in [-0.4, -0.2) is 13.0 Å². The molecular weight excluding hydrogens is 167 g/mol. The van der Waals surface area contributed by atoms with Crippen LogP contribution in [0.1, 0.15) is 12.8 Å². The van der Waals surface area contributed by atoms with Crippen molar-refractivity contribution >= 4 is 7.60 Å². The molecule has 1 aliphatic rings. The van der Waals surface area contributed by atoms with Gasteiger partial charge in [-0.15, -0.1) is 0 Å². The second-order valence-electron chi connectivity index (χ2n) is 2.26. The van der Waals surface area contributed by atoms with Gasteiger partial charge in [-0.3, -0.25) is 0 Å². The van der Waals surface area contributed by atoms with Crippen molar-refractivity contribution in [2.75, 3.05) is 7.11 Å². The summed E-state index contributed by atoms with van der Waals surface area (Å²) in [5, 5.41) is 0. The predicted molar refractivity (Wildman–Crippen MR) is 37.9 cm³/mol. The van der Waals surface area contributed by atoms with Crippen molar-refractivity contribution in [3.63, 3.8) is 0 Å². The maximum absolute atomic E-state index is 11.0. The minimum Gasteiger partial charge on any atom is -0.776 e. The SMILES string of the molecule is COP(=O)([O-])C1CCC=CO1. The van der Waals surface area contributed by atoms with Crippen LogP contribution >= 0.6 is 7.60 Å². The highest BCUT2D eigenvalue weighted by Gasteiger charge is 2.23. The van der Waals surface area contributed by atoms with Crippen LogP contribution in [0.4, 0.5) is 0 Å². The first-order valence-corrected chi connectivity index (χ1v) is 4.95. The van der Waals surface area contributed by atoms with Crippen LogP contribution in [-0.2, 0) is 13.8 Å². The van der Waals surface area contributed by atoms with E-state index >= 15 is 0 Å². The number of rotatable bonds is 2. The van der Waals surface area contributed by atoms with Gasteiger partial charge in [0.2, 0.25) is 0 Å². The van der Waals surface area contributed by atoms with Gasteiger partial charge in [0.15, 0.2) is 13.4 Å². The third kappa shape index (κ3) is 2.06. The Labute approximate surface area is 65.4 Å². The summed E-state index contributed by atoms with van der Waals surface area (Å²) in [6.45, 7) is 0. The van der Waals surface area contributed by atoms with Gasteiger partial charge in [-0.2, -0.15) is 0 Å². The molecule has 0 saturated heterocycles. The van der Waals surface area contributed by atoms with Gasteiger partial charge in [0.25, 0.3) is 0 Å². The third-order valence-electron chi connectivity index (χ3n) is 1.52. The van der Waals surface area contributed by atoms with E-state index in [0.29, 0.717) is 6.42 Å². The van der Waals surface area contributed by atoms with Crippen molar-refractivity contribution in [2.24, 2.45) is 0 Å². The summed E-state index contributed by atoms with van der Waals surface area (Å²) in [6.07, 6.45) is 4.38. The summed E-state index contributed by atoms with van der Waals surface area (Å²) in [4.78, 5) is 11.0. The molecule has 4 nitrogen and oxygen atoms in total. The van der Waals surface area contributed by atoms with Gasteiger partial charge in [0.1, 0.15) is 0 Å². The first-order chi connectivity index (χ1) is 5.17. The van der Waals surface area contributed by atoms with E-state index in [4.69, 9.17) is 4.74 Å². The van der Waals surface area contributed by atoms with Gasteiger partial charge < -0.3 is 18.7 Å². The first-order valence-electron chi connectivity index (χ1n) is 3.34. The van der Waals surface area contributed by atoms with E-state index in [0.717, 1.165) is 13.5 Å². The zero-order chi connectivity index (χ0) is 8.32. The molecule has 1 rings (SSSR count). The van der Waals surface area contributed by atoms with Crippen molar-refractivity contribution in [2.45, 2.75) is 18.7 Å². The van der Waals surface area contributed by atoms with E-state index in [9.17, 15) is 9.46 Å². The Morgan fingerprint density at radius 1 is 1.82 bits per heavy atom. The van der Waals surface area contributed by atoms with Crippen molar-refractivity contribution in [1.82, 2.24) is 0 Å². The second-order valence-corrected chi connectivity index (χ2v) is 4.28. The Balaban J connectivity index is 2.60. The quantitative estimate of drug-likeness (QED) is 0.586. The van der Waals surface area contributed by atoms with Crippen LogP contribution in [0.25, 0.3) is 0 Å². The predicted octanol–water partition coefficient (Wildman–Crippen LogP) is 0.836. The molecule has 1 heterocycles. The Bertz CT molecular complexity index is 201. The van der Waals surface area contributed by atoms with Crippen molar-refractivity contribution in [1.29, 1.82) is 0 Å². The molecule has 0 saturated carbocycles. The van der Waals surface area contributed by atoms with Crippen LogP contribution < -0.4 is 4.89 Å². The summed E-state index contributed by atoms with van der Waals surface area (Å²) in [5.74, 6) is -0.794. The largest absolute Gasteiger partial charge is 0.776 e. The lowest BCUT2D eigenvalue weighted by Crippen LogP contribution is -2.21. The van der Waals surface area contributed by atoms with Crippen molar-refractivity contribution in [3.05, 3.63) is 12.3 Å². The van der Waals surface area contributed by atoms with Crippen molar-refractivity contribution < 1.29 is 18.7 Å². The van der Waals surface area contributed by atoms with E-state index in [2.05, 4.69) is 4.52 Å². The maximum atomic E-state index is 11.0. The monoisotopic (exact) mass is 177 g/mol. The molecule has 0 aromatic heterocycles.